The molecule has 2 bridgehead atoms. The van der Waals surface area contributed by atoms with Crippen molar-refractivity contribution in [1.82, 2.24) is 14.7 Å². The van der Waals surface area contributed by atoms with Gasteiger partial charge >= 0.3 is 0 Å². The number of hydrogen-bond acceptors (Lipinski definition) is 3. The second-order valence-electron chi connectivity index (χ2n) is 10.2. The minimum atomic E-state index is -0.686. The van der Waals surface area contributed by atoms with E-state index in [1.807, 2.05) is 35.7 Å². The van der Waals surface area contributed by atoms with Crippen LogP contribution in [0.4, 0.5) is 0 Å². The minimum Gasteiger partial charge on any atom is -0.345 e. The summed E-state index contributed by atoms with van der Waals surface area (Å²) in [5, 5.41) is 0. The van der Waals surface area contributed by atoms with Gasteiger partial charge in [-0.25, -0.2) is 0 Å². The number of likely N-dealkylation sites (tertiary alicyclic amines) is 1. The second-order valence-corrected chi connectivity index (χ2v) is 10.2. The van der Waals surface area contributed by atoms with Gasteiger partial charge in [-0.2, -0.15) is 0 Å². The number of carbonyl (C=O) groups excluding carboxylic acids is 3. The van der Waals surface area contributed by atoms with Crippen LogP contribution in [0.3, 0.4) is 0 Å². The van der Waals surface area contributed by atoms with Crippen LogP contribution >= 0.6 is 0 Å². The zero-order chi connectivity index (χ0) is 18.9. The van der Waals surface area contributed by atoms with Crippen molar-refractivity contribution in [3.8, 4) is 0 Å². The third-order valence-corrected chi connectivity index (χ3v) is 9.36. The summed E-state index contributed by atoms with van der Waals surface area (Å²) in [5.41, 5.74) is -1.69. The van der Waals surface area contributed by atoms with E-state index in [9.17, 15) is 14.4 Å². The molecule has 5 atom stereocenters. The standard InChI is InChI=1S/C20H29N3O3/c1-12-8-14(24)23-11-19-10-18(6-7-21(4)15(18)25)17(2,3)13(19)9-20(12,23)16(26)22(19)5/h12-13H,6-11H2,1-5H3/t12-,13-,18-,19+,20+/m0/s1. The average molecular weight is 359 g/mol. The maximum atomic E-state index is 13.5. The Labute approximate surface area is 154 Å². The number of amides is 3. The monoisotopic (exact) mass is 359 g/mol. The fourth-order valence-electron chi connectivity index (χ4n) is 7.70. The number of hydrogen-bond donors (Lipinski definition) is 0. The number of fused-ring (bicyclic) bond motifs is 1. The van der Waals surface area contributed by atoms with Gasteiger partial charge in [-0.05, 0) is 36.5 Å². The Kier molecular flexibility index (Phi) is 2.73. The summed E-state index contributed by atoms with van der Waals surface area (Å²) in [6.45, 7) is 7.92. The van der Waals surface area contributed by atoms with Gasteiger partial charge in [0, 0.05) is 33.6 Å². The third kappa shape index (κ3) is 1.34. The van der Waals surface area contributed by atoms with Crippen molar-refractivity contribution in [2.45, 2.75) is 57.5 Å². The summed E-state index contributed by atoms with van der Waals surface area (Å²) in [6.07, 6.45) is 2.73. The summed E-state index contributed by atoms with van der Waals surface area (Å²) in [7, 11) is 3.81. The molecule has 26 heavy (non-hydrogen) atoms. The summed E-state index contributed by atoms with van der Waals surface area (Å²) in [4.78, 5) is 45.2. The molecule has 6 fully saturated rings. The molecule has 1 aliphatic carbocycles. The molecule has 6 rings (SSSR count). The first-order chi connectivity index (χ1) is 12.0. The van der Waals surface area contributed by atoms with Crippen molar-refractivity contribution in [3.63, 3.8) is 0 Å². The van der Waals surface area contributed by atoms with Crippen molar-refractivity contribution in [1.29, 1.82) is 0 Å². The predicted octanol–water partition coefficient (Wildman–Crippen LogP) is 1.10. The Bertz CT molecular complexity index is 763. The Balaban J connectivity index is 1.71. The molecule has 6 aliphatic rings. The quantitative estimate of drug-likeness (QED) is 0.651. The summed E-state index contributed by atoms with van der Waals surface area (Å²) in [6, 6.07) is 0. The minimum absolute atomic E-state index is 0.0394. The van der Waals surface area contributed by atoms with Crippen molar-refractivity contribution in [3.05, 3.63) is 0 Å². The summed E-state index contributed by atoms with van der Waals surface area (Å²) < 4.78 is 0. The van der Waals surface area contributed by atoms with Crippen molar-refractivity contribution >= 4 is 17.7 Å². The highest BCUT2D eigenvalue weighted by Crippen LogP contribution is 2.72. The van der Waals surface area contributed by atoms with Crippen LogP contribution in [-0.4, -0.2) is 70.7 Å². The normalized spacial score (nSPS) is 48.8. The van der Waals surface area contributed by atoms with Gasteiger partial charge in [-0.15, -0.1) is 0 Å². The average Bonchev–Trinajstić information content (AvgIpc) is 3.09. The second kappa shape index (κ2) is 4.28. The first-order valence-electron chi connectivity index (χ1n) is 9.89. The molecule has 0 aromatic rings. The first-order valence-corrected chi connectivity index (χ1v) is 9.89. The Morgan fingerprint density at radius 3 is 2.38 bits per heavy atom. The van der Waals surface area contributed by atoms with E-state index in [4.69, 9.17) is 0 Å². The molecule has 6 heteroatoms. The molecule has 142 valence electrons. The Hall–Kier alpha value is -1.59. The molecule has 5 saturated heterocycles. The Morgan fingerprint density at radius 1 is 1.08 bits per heavy atom. The summed E-state index contributed by atoms with van der Waals surface area (Å²) >= 11 is 0. The van der Waals surface area contributed by atoms with Gasteiger partial charge in [0.2, 0.25) is 17.7 Å². The van der Waals surface area contributed by atoms with Crippen LogP contribution in [0.2, 0.25) is 0 Å². The maximum absolute atomic E-state index is 13.5. The molecule has 0 aromatic carbocycles. The van der Waals surface area contributed by atoms with Gasteiger partial charge < -0.3 is 14.7 Å². The van der Waals surface area contributed by atoms with Crippen LogP contribution in [0.15, 0.2) is 0 Å². The van der Waals surface area contributed by atoms with E-state index < -0.39 is 16.5 Å². The lowest BCUT2D eigenvalue weighted by Gasteiger charge is -2.64. The highest BCUT2D eigenvalue weighted by molar-refractivity contribution is 5.98. The van der Waals surface area contributed by atoms with E-state index in [0.717, 1.165) is 19.4 Å². The van der Waals surface area contributed by atoms with Gasteiger partial charge in [0.1, 0.15) is 5.54 Å². The fraction of sp³-hybridized carbons (Fsp3) is 0.850. The van der Waals surface area contributed by atoms with Crippen molar-refractivity contribution in [2.75, 3.05) is 27.2 Å². The topological polar surface area (TPSA) is 60.9 Å². The number of likely N-dealkylation sites (N-methyl/N-ethyl adjacent to an activating group) is 1. The van der Waals surface area contributed by atoms with Crippen LogP contribution < -0.4 is 0 Å². The van der Waals surface area contributed by atoms with Crippen molar-refractivity contribution in [2.24, 2.45) is 22.7 Å². The zero-order valence-electron chi connectivity index (χ0n) is 16.5. The molecule has 5 aliphatic heterocycles. The van der Waals surface area contributed by atoms with Crippen LogP contribution in [-0.2, 0) is 14.4 Å². The van der Waals surface area contributed by atoms with Crippen LogP contribution in [0.1, 0.15) is 46.5 Å². The molecule has 0 aromatic heterocycles. The number of rotatable bonds is 0. The zero-order valence-corrected chi connectivity index (χ0v) is 16.5. The molecule has 6 nitrogen and oxygen atoms in total. The number of nitrogens with zero attached hydrogens (tertiary/aromatic N) is 3. The van der Waals surface area contributed by atoms with Crippen LogP contribution in [0.5, 0.6) is 0 Å². The van der Waals surface area contributed by atoms with Crippen LogP contribution in [0.25, 0.3) is 0 Å². The van der Waals surface area contributed by atoms with Gasteiger partial charge in [0.25, 0.3) is 0 Å². The number of carbonyl (C=O) groups is 3. The molecule has 3 amide bonds. The molecule has 0 radical (unpaired) electrons. The molecule has 3 spiro atoms. The first kappa shape index (κ1) is 16.6. The molecule has 0 N–H and O–H groups in total. The van der Waals surface area contributed by atoms with Crippen molar-refractivity contribution < 1.29 is 14.4 Å². The maximum Gasteiger partial charge on any atom is 0.249 e. The fourth-order valence-corrected chi connectivity index (χ4v) is 7.70. The lowest BCUT2D eigenvalue weighted by Crippen LogP contribution is -2.80. The van der Waals surface area contributed by atoms with Crippen LogP contribution in [0, 0.1) is 22.7 Å². The van der Waals surface area contributed by atoms with E-state index >= 15 is 0 Å². The predicted molar refractivity (Wildman–Crippen MR) is 94.9 cm³/mol. The number of piperidine rings is 2. The van der Waals surface area contributed by atoms with E-state index in [-0.39, 0.29) is 35.0 Å². The SMILES string of the molecule is C[C@H]1CC(=O)N2C[C@]34C[C@]5(CCN(C)C5=O)C(C)(C)[C@@H]3C[C@]12C(=O)N4C. The molecule has 0 unspecified atom stereocenters. The smallest absolute Gasteiger partial charge is 0.249 e. The lowest BCUT2D eigenvalue weighted by molar-refractivity contribution is -0.192. The van der Waals surface area contributed by atoms with Gasteiger partial charge in [-0.3, -0.25) is 14.4 Å². The lowest BCUT2D eigenvalue weighted by atomic mass is 9.57. The molecule has 5 heterocycles. The van der Waals surface area contributed by atoms with Gasteiger partial charge in [0.15, 0.2) is 0 Å². The van der Waals surface area contributed by atoms with E-state index in [2.05, 4.69) is 13.8 Å². The molecular weight excluding hydrogens is 330 g/mol. The number of piperazine rings is 1. The van der Waals surface area contributed by atoms with Gasteiger partial charge in [-0.1, -0.05) is 20.8 Å². The third-order valence-electron chi connectivity index (χ3n) is 9.36. The molecular formula is C20H29N3O3. The highest BCUT2D eigenvalue weighted by Gasteiger charge is 2.80. The van der Waals surface area contributed by atoms with E-state index in [1.54, 1.807) is 0 Å². The van der Waals surface area contributed by atoms with Gasteiger partial charge in [0.05, 0.1) is 11.0 Å². The Morgan fingerprint density at radius 2 is 1.77 bits per heavy atom. The van der Waals surface area contributed by atoms with E-state index in [0.29, 0.717) is 19.4 Å². The highest BCUT2D eigenvalue weighted by atomic mass is 16.2. The molecule has 1 saturated carbocycles. The largest absolute Gasteiger partial charge is 0.345 e. The summed E-state index contributed by atoms with van der Waals surface area (Å²) in [5.74, 6) is 0.735. The van der Waals surface area contributed by atoms with E-state index in [1.165, 1.54) is 0 Å².